The Morgan fingerprint density at radius 3 is 2.23 bits per heavy atom. The lowest BCUT2D eigenvalue weighted by atomic mass is 9.96. The molecule has 0 bridgehead atoms. The third kappa shape index (κ3) is 8.07. The van der Waals surface area contributed by atoms with Gasteiger partial charge in [-0.1, -0.05) is 0 Å². The molecule has 0 spiro atoms. The minimum absolute atomic E-state index is 0.236. The van der Waals surface area contributed by atoms with Gasteiger partial charge in [-0.05, 0) is 0 Å². The molecule has 1 aromatic rings. The van der Waals surface area contributed by atoms with Crippen LogP contribution >= 0.6 is 23.5 Å². The highest BCUT2D eigenvalue weighted by atomic mass is 31.3. The van der Waals surface area contributed by atoms with Gasteiger partial charge in [0, 0.05) is 25.9 Å². The fourth-order valence-corrected chi connectivity index (χ4v) is 5.12. The minimum atomic E-state index is -5.83. The first kappa shape index (κ1) is 27.9. The van der Waals surface area contributed by atoms with E-state index in [1.54, 1.807) is 4.98 Å². The second-order valence-electron chi connectivity index (χ2n) is 5.67. The molecule has 5 atom stereocenters. The summed E-state index contributed by atoms with van der Waals surface area (Å²) in [4.78, 5) is 60.0. The van der Waals surface area contributed by atoms with Gasteiger partial charge in [0.05, 0.1) is 6.61 Å². The molecule has 0 aromatic carbocycles. The van der Waals surface area contributed by atoms with Crippen molar-refractivity contribution >= 4 is 23.5 Å². The van der Waals surface area contributed by atoms with Crippen molar-refractivity contribution in [1.82, 2.24) is 9.55 Å². The number of aliphatic hydroxyl groups excluding tert-OH is 1. The summed E-state index contributed by atoms with van der Waals surface area (Å²) in [6.07, 6.45) is -4.34. The van der Waals surface area contributed by atoms with Crippen LogP contribution in [0.3, 0.4) is 0 Å². The van der Waals surface area contributed by atoms with E-state index < -0.39 is 65.9 Å². The third-order valence-corrected chi connectivity index (χ3v) is 7.34. The molecule has 8 N–H and O–H groups in total. The smallest absolute Gasteiger partial charge is 0.385 e. The number of nitrogens with zero attached hydrogens (tertiary/aromatic N) is 1. The van der Waals surface area contributed by atoms with Crippen LogP contribution in [0.2, 0.25) is 0 Å². The zero-order chi connectivity index (χ0) is 24.3. The molecule has 0 amide bonds. The van der Waals surface area contributed by atoms with E-state index in [-0.39, 0.29) is 4.57 Å². The maximum Gasteiger partial charge on any atom is 0.490 e. The molecule has 21 heteroatoms. The van der Waals surface area contributed by atoms with Crippen LogP contribution in [0.5, 0.6) is 0 Å². The number of nitrogens with two attached hydrogens (primary N) is 1. The first-order valence-electron chi connectivity index (χ1n) is 7.65. The van der Waals surface area contributed by atoms with E-state index in [1.165, 1.54) is 0 Å². The normalized spacial score (nSPS) is 20.3. The molecule has 180 valence electrons. The number of hydrogen-bond donors (Lipinski definition) is 7. The molecule has 1 rings (SSSR count). The van der Waals surface area contributed by atoms with Crippen molar-refractivity contribution in [2.75, 3.05) is 20.3 Å². The van der Waals surface area contributed by atoms with Gasteiger partial charge < -0.3 is 35.2 Å². The number of aromatic amines is 1. The molecule has 0 aliphatic rings. The number of methoxy groups -OCH3 is 1. The van der Waals surface area contributed by atoms with Crippen molar-refractivity contribution in [3.8, 4) is 0 Å². The lowest BCUT2D eigenvalue weighted by molar-refractivity contribution is -0.156. The molecule has 31 heavy (non-hydrogen) atoms. The van der Waals surface area contributed by atoms with Crippen LogP contribution in [0.4, 0.5) is 4.39 Å². The molecular formula is C10H19FN3O14P3. The van der Waals surface area contributed by atoms with Crippen molar-refractivity contribution in [2.24, 2.45) is 5.73 Å². The number of H-pyrrole nitrogens is 1. The Balaban J connectivity index is 3.07. The molecule has 0 fully saturated rings. The monoisotopic (exact) mass is 517 g/mol. The van der Waals surface area contributed by atoms with Gasteiger partial charge in [0.2, 0.25) is 6.30 Å². The van der Waals surface area contributed by atoms with Crippen LogP contribution in [0.25, 0.3) is 0 Å². The second-order valence-corrected chi connectivity index (χ2v) is 10.1. The Labute approximate surface area is 171 Å². The number of phosphoric acid groups is 3. The van der Waals surface area contributed by atoms with Gasteiger partial charge in [-0.25, -0.2) is 22.9 Å². The van der Waals surface area contributed by atoms with E-state index in [9.17, 15) is 37.7 Å². The zero-order valence-electron chi connectivity index (χ0n) is 15.4. The predicted octanol–water partition coefficient (Wildman–Crippen LogP) is -1.95. The maximum atomic E-state index is 14.7. The number of aliphatic hydroxyl groups is 1. The van der Waals surface area contributed by atoms with E-state index in [0.717, 1.165) is 13.2 Å². The number of alkyl halides is 1. The number of ether oxygens (including phenoxy) is 1. The largest absolute Gasteiger partial charge is 0.490 e. The first-order chi connectivity index (χ1) is 14.0. The SMILES string of the molecule is CO[C@](CN)(COP(=O)(O)OP(=O)(O)OP(=O)(O)O)[C@@H](O)[C@@H](F)n1ccc(=O)[nH]c1=O. The summed E-state index contributed by atoms with van der Waals surface area (Å²) in [5.41, 5.74) is 0.904. The topological polar surface area (TPSA) is 270 Å². The molecule has 17 nitrogen and oxygen atoms in total. The Morgan fingerprint density at radius 2 is 1.77 bits per heavy atom. The van der Waals surface area contributed by atoms with Gasteiger partial charge in [0.1, 0.15) is 11.7 Å². The van der Waals surface area contributed by atoms with Gasteiger partial charge in [-0.15, -0.1) is 0 Å². The number of nitrogens with one attached hydrogen (secondary N) is 1. The van der Waals surface area contributed by atoms with Gasteiger partial charge in [-0.3, -0.25) is 18.9 Å². The summed E-state index contributed by atoms with van der Waals surface area (Å²) in [6, 6.07) is 0.754. The summed E-state index contributed by atoms with van der Waals surface area (Å²) in [7, 11) is -16.2. The molecule has 0 saturated heterocycles. The van der Waals surface area contributed by atoms with Crippen LogP contribution in [0, 0.1) is 0 Å². The fourth-order valence-electron chi connectivity index (χ4n) is 2.05. The van der Waals surface area contributed by atoms with Crippen molar-refractivity contribution in [3.63, 3.8) is 0 Å². The Hall–Kier alpha value is -1.10. The fraction of sp³-hybridized carbons (Fsp3) is 0.600. The average molecular weight is 517 g/mol. The van der Waals surface area contributed by atoms with Crippen LogP contribution in [-0.4, -0.2) is 66.2 Å². The molecule has 0 radical (unpaired) electrons. The summed E-state index contributed by atoms with van der Waals surface area (Å²) in [5.74, 6) is 0. The predicted molar refractivity (Wildman–Crippen MR) is 96.1 cm³/mol. The highest BCUT2D eigenvalue weighted by Crippen LogP contribution is 2.66. The van der Waals surface area contributed by atoms with Crippen LogP contribution in [-0.2, 0) is 31.6 Å². The molecule has 0 saturated carbocycles. The van der Waals surface area contributed by atoms with Gasteiger partial charge >= 0.3 is 29.2 Å². The number of rotatable bonds is 12. The summed E-state index contributed by atoms with van der Waals surface area (Å²) in [5, 5.41) is 10.3. The number of phosphoric ester groups is 1. The molecule has 1 heterocycles. The van der Waals surface area contributed by atoms with Crippen LogP contribution in [0.15, 0.2) is 21.9 Å². The average Bonchev–Trinajstić information content (AvgIpc) is 2.59. The molecule has 2 unspecified atom stereocenters. The summed E-state index contributed by atoms with van der Waals surface area (Å²) in [6.45, 7) is -2.12. The summed E-state index contributed by atoms with van der Waals surface area (Å²) >= 11 is 0. The molecular weight excluding hydrogens is 498 g/mol. The Morgan fingerprint density at radius 1 is 1.19 bits per heavy atom. The highest BCUT2D eigenvalue weighted by molar-refractivity contribution is 7.66. The van der Waals surface area contributed by atoms with Crippen molar-refractivity contribution < 1.29 is 60.6 Å². The number of aromatic nitrogens is 2. The number of halogens is 1. The van der Waals surface area contributed by atoms with Crippen molar-refractivity contribution in [3.05, 3.63) is 33.1 Å². The lowest BCUT2D eigenvalue weighted by Gasteiger charge is -2.37. The molecule has 0 aliphatic heterocycles. The minimum Gasteiger partial charge on any atom is -0.385 e. The van der Waals surface area contributed by atoms with Crippen LogP contribution in [0.1, 0.15) is 6.30 Å². The van der Waals surface area contributed by atoms with E-state index in [4.69, 9.17) is 25.2 Å². The van der Waals surface area contributed by atoms with Gasteiger partial charge in [0.15, 0.2) is 0 Å². The van der Waals surface area contributed by atoms with E-state index >= 15 is 0 Å². The van der Waals surface area contributed by atoms with E-state index in [1.807, 2.05) is 0 Å². The first-order valence-corrected chi connectivity index (χ1v) is 12.2. The Bertz CT molecular complexity index is 1020. The van der Waals surface area contributed by atoms with E-state index in [2.05, 4.69) is 13.1 Å². The third-order valence-electron chi connectivity index (χ3n) is 3.56. The molecule has 1 aromatic heterocycles. The zero-order valence-corrected chi connectivity index (χ0v) is 18.1. The van der Waals surface area contributed by atoms with Crippen molar-refractivity contribution in [1.29, 1.82) is 0 Å². The van der Waals surface area contributed by atoms with Gasteiger partial charge in [0.25, 0.3) is 5.56 Å². The summed E-state index contributed by atoms with van der Waals surface area (Å²) < 4.78 is 64.9. The quantitative estimate of drug-likeness (QED) is 0.149. The maximum absolute atomic E-state index is 14.7. The highest BCUT2D eigenvalue weighted by Gasteiger charge is 2.47. The standard InChI is InChI=1S/C10H19FN3O14P3/c1-25-10(4-12,7(16)8(11)14-3-2-6(15)13-9(14)17)5-26-30(21,22)28-31(23,24)27-29(18,19)20/h2-3,7-8,16H,4-5,12H2,1H3,(H,21,22)(H,23,24)(H,13,15,17)(H2,18,19,20)/t7-,8-,10+/m0/s1. The van der Waals surface area contributed by atoms with Crippen molar-refractivity contribution in [2.45, 2.75) is 18.0 Å². The van der Waals surface area contributed by atoms with Crippen LogP contribution < -0.4 is 17.0 Å². The van der Waals surface area contributed by atoms with Gasteiger partial charge in [-0.2, -0.15) is 8.62 Å². The Kier molecular flexibility index (Phi) is 9.22. The second kappa shape index (κ2) is 10.2. The molecule has 0 aliphatic carbocycles. The lowest BCUT2D eigenvalue weighted by Crippen LogP contribution is -2.57. The number of hydrogen-bond acceptors (Lipinski definition) is 11. The van der Waals surface area contributed by atoms with E-state index in [0.29, 0.717) is 6.20 Å².